The molecule has 0 aliphatic carbocycles. The van der Waals surface area contributed by atoms with Gasteiger partial charge in [0.2, 0.25) is 0 Å². The van der Waals surface area contributed by atoms with Crippen LogP contribution in [0.15, 0.2) is 54.9 Å². The SMILES string of the molecule is O=C(CCc1nnnn1Cc1cccnc1)c1ccccc1. The minimum Gasteiger partial charge on any atom is -0.294 e. The molecule has 2 aromatic heterocycles. The number of carbonyl (C=O) groups excluding carboxylic acids is 1. The molecule has 0 unspecified atom stereocenters. The first-order valence-electron chi connectivity index (χ1n) is 7.05. The van der Waals surface area contributed by atoms with Crippen LogP contribution in [0.2, 0.25) is 0 Å². The van der Waals surface area contributed by atoms with E-state index in [1.807, 2.05) is 42.5 Å². The highest BCUT2D eigenvalue weighted by atomic mass is 16.1. The Hall–Kier alpha value is -2.89. The third-order valence-electron chi connectivity index (χ3n) is 3.33. The van der Waals surface area contributed by atoms with E-state index in [1.54, 1.807) is 17.1 Å². The van der Waals surface area contributed by atoms with Gasteiger partial charge in [-0.3, -0.25) is 9.78 Å². The molecular formula is C16H15N5O. The number of rotatable bonds is 6. The summed E-state index contributed by atoms with van der Waals surface area (Å²) in [4.78, 5) is 16.2. The number of aromatic nitrogens is 5. The molecule has 0 spiro atoms. The Kier molecular flexibility index (Phi) is 4.29. The second kappa shape index (κ2) is 6.71. The first kappa shape index (κ1) is 14.1. The summed E-state index contributed by atoms with van der Waals surface area (Å²) < 4.78 is 1.70. The van der Waals surface area contributed by atoms with Crippen molar-refractivity contribution < 1.29 is 4.79 Å². The predicted molar refractivity (Wildman–Crippen MR) is 80.2 cm³/mol. The molecule has 6 nitrogen and oxygen atoms in total. The Morgan fingerprint density at radius 3 is 2.73 bits per heavy atom. The number of benzene rings is 1. The van der Waals surface area contributed by atoms with Gasteiger partial charge in [0.15, 0.2) is 11.6 Å². The predicted octanol–water partition coefficient (Wildman–Crippen LogP) is 1.93. The summed E-state index contributed by atoms with van der Waals surface area (Å²) in [5.74, 6) is 0.796. The molecule has 0 bridgehead atoms. The van der Waals surface area contributed by atoms with E-state index in [0.717, 1.165) is 5.56 Å². The van der Waals surface area contributed by atoms with Crippen LogP contribution in [0.25, 0.3) is 0 Å². The molecule has 0 radical (unpaired) electrons. The number of pyridine rings is 1. The smallest absolute Gasteiger partial charge is 0.163 e. The summed E-state index contributed by atoms with van der Waals surface area (Å²) in [6.45, 7) is 0.551. The van der Waals surface area contributed by atoms with Gasteiger partial charge in [-0.1, -0.05) is 36.4 Å². The zero-order valence-corrected chi connectivity index (χ0v) is 12.0. The van der Waals surface area contributed by atoms with Gasteiger partial charge in [0.05, 0.1) is 6.54 Å². The average molecular weight is 293 g/mol. The number of Topliss-reactive ketones (excluding diaryl/α,β-unsaturated/α-hetero) is 1. The zero-order chi connectivity index (χ0) is 15.2. The Labute approximate surface area is 127 Å². The summed E-state index contributed by atoms with van der Waals surface area (Å²) in [5, 5.41) is 11.7. The maximum Gasteiger partial charge on any atom is 0.163 e. The second-order valence-electron chi connectivity index (χ2n) is 4.90. The molecule has 0 amide bonds. The van der Waals surface area contributed by atoms with Crippen molar-refractivity contribution in [2.45, 2.75) is 19.4 Å². The number of hydrogen-bond donors (Lipinski definition) is 0. The van der Waals surface area contributed by atoms with Crippen LogP contribution >= 0.6 is 0 Å². The van der Waals surface area contributed by atoms with E-state index >= 15 is 0 Å². The molecule has 3 aromatic rings. The minimum absolute atomic E-state index is 0.0940. The van der Waals surface area contributed by atoms with Gasteiger partial charge in [0.25, 0.3) is 0 Å². The standard InChI is InChI=1S/C16H15N5O/c22-15(14-6-2-1-3-7-14)8-9-16-18-19-20-21(16)12-13-5-4-10-17-11-13/h1-7,10-11H,8-9,12H2. The molecular weight excluding hydrogens is 278 g/mol. The maximum absolute atomic E-state index is 12.1. The molecule has 2 heterocycles. The van der Waals surface area contributed by atoms with Crippen LogP contribution in [-0.2, 0) is 13.0 Å². The maximum atomic E-state index is 12.1. The summed E-state index contributed by atoms with van der Waals surface area (Å²) in [6, 6.07) is 13.1. The van der Waals surface area contributed by atoms with Crippen molar-refractivity contribution in [1.82, 2.24) is 25.2 Å². The van der Waals surface area contributed by atoms with Crippen molar-refractivity contribution in [3.63, 3.8) is 0 Å². The topological polar surface area (TPSA) is 73.6 Å². The molecule has 0 saturated carbocycles. The fourth-order valence-corrected chi connectivity index (χ4v) is 2.18. The van der Waals surface area contributed by atoms with Crippen LogP contribution in [0.5, 0.6) is 0 Å². The highest BCUT2D eigenvalue weighted by Crippen LogP contribution is 2.08. The van der Waals surface area contributed by atoms with Crippen molar-refractivity contribution >= 4 is 5.78 Å². The van der Waals surface area contributed by atoms with Crippen molar-refractivity contribution in [2.24, 2.45) is 0 Å². The number of ketones is 1. The van der Waals surface area contributed by atoms with Crippen LogP contribution in [0, 0.1) is 0 Å². The molecule has 3 rings (SSSR count). The summed E-state index contributed by atoms with van der Waals surface area (Å²) in [7, 11) is 0. The molecule has 110 valence electrons. The fraction of sp³-hybridized carbons (Fsp3) is 0.188. The van der Waals surface area contributed by atoms with Crippen LogP contribution in [0.1, 0.15) is 28.2 Å². The van der Waals surface area contributed by atoms with Crippen LogP contribution in [0.4, 0.5) is 0 Å². The lowest BCUT2D eigenvalue weighted by Crippen LogP contribution is -2.09. The van der Waals surface area contributed by atoms with Gasteiger partial charge in [-0.05, 0) is 22.1 Å². The summed E-state index contributed by atoms with van der Waals surface area (Å²) in [5.41, 5.74) is 1.74. The van der Waals surface area contributed by atoms with Crippen LogP contribution in [-0.4, -0.2) is 31.0 Å². The first-order chi connectivity index (χ1) is 10.8. The van der Waals surface area contributed by atoms with Crippen molar-refractivity contribution in [3.8, 4) is 0 Å². The number of aryl methyl sites for hydroxylation is 1. The Bertz CT molecular complexity index is 739. The zero-order valence-electron chi connectivity index (χ0n) is 12.0. The third kappa shape index (κ3) is 3.41. The summed E-state index contributed by atoms with van der Waals surface area (Å²) in [6.07, 6.45) is 4.40. The number of nitrogens with zero attached hydrogens (tertiary/aromatic N) is 5. The van der Waals surface area contributed by atoms with E-state index in [-0.39, 0.29) is 5.78 Å². The molecule has 1 aromatic carbocycles. The van der Waals surface area contributed by atoms with E-state index in [4.69, 9.17) is 0 Å². The molecule has 0 N–H and O–H groups in total. The number of carbonyl (C=O) groups is 1. The Balaban J connectivity index is 1.64. The number of hydrogen-bond acceptors (Lipinski definition) is 5. The molecule has 0 saturated heterocycles. The van der Waals surface area contributed by atoms with E-state index in [1.165, 1.54) is 0 Å². The third-order valence-corrected chi connectivity index (χ3v) is 3.33. The minimum atomic E-state index is 0.0940. The molecule has 0 aliphatic rings. The lowest BCUT2D eigenvalue weighted by Gasteiger charge is -2.04. The van der Waals surface area contributed by atoms with E-state index < -0.39 is 0 Å². The van der Waals surface area contributed by atoms with Crippen molar-refractivity contribution in [3.05, 3.63) is 71.8 Å². The summed E-state index contributed by atoms with van der Waals surface area (Å²) >= 11 is 0. The average Bonchev–Trinajstić information content (AvgIpc) is 3.01. The normalized spacial score (nSPS) is 10.5. The van der Waals surface area contributed by atoms with Crippen molar-refractivity contribution in [2.75, 3.05) is 0 Å². The highest BCUT2D eigenvalue weighted by Gasteiger charge is 2.11. The van der Waals surface area contributed by atoms with Gasteiger partial charge in [-0.15, -0.1) is 5.10 Å². The molecule has 6 heteroatoms. The fourth-order valence-electron chi connectivity index (χ4n) is 2.18. The van der Waals surface area contributed by atoms with Gasteiger partial charge in [-0.2, -0.15) is 0 Å². The Morgan fingerprint density at radius 1 is 1.09 bits per heavy atom. The van der Waals surface area contributed by atoms with Crippen LogP contribution < -0.4 is 0 Å². The van der Waals surface area contributed by atoms with Gasteiger partial charge in [-0.25, -0.2) is 4.68 Å². The quantitative estimate of drug-likeness (QED) is 0.649. The van der Waals surface area contributed by atoms with E-state index in [9.17, 15) is 4.79 Å². The largest absolute Gasteiger partial charge is 0.294 e. The van der Waals surface area contributed by atoms with Crippen LogP contribution in [0.3, 0.4) is 0 Å². The van der Waals surface area contributed by atoms with Gasteiger partial charge in [0.1, 0.15) is 0 Å². The van der Waals surface area contributed by atoms with Gasteiger partial charge in [0, 0.05) is 30.8 Å². The lowest BCUT2D eigenvalue weighted by atomic mass is 10.1. The Morgan fingerprint density at radius 2 is 1.95 bits per heavy atom. The molecule has 0 fully saturated rings. The highest BCUT2D eigenvalue weighted by molar-refractivity contribution is 5.96. The molecule has 0 atom stereocenters. The van der Waals surface area contributed by atoms with E-state index in [0.29, 0.717) is 30.8 Å². The van der Waals surface area contributed by atoms with E-state index in [2.05, 4.69) is 20.5 Å². The lowest BCUT2D eigenvalue weighted by molar-refractivity contribution is 0.0982. The van der Waals surface area contributed by atoms with Crippen molar-refractivity contribution in [1.29, 1.82) is 0 Å². The first-order valence-corrected chi connectivity index (χ1v) is 7.05. The molecule has 22 heavy (non-hydrogen) atoms. The number of tetrazole rings is 1. The second-order valence-corrected chi connectivity index (χ2v) is 4.90. The van der Waals surface area contributed by atoms with Gasteiger partial charge < -0.3 is 0 Å². The monoisotopic (exact) mass is 293 g/mol. The molecule has 0 aliphatic heterocycles. The van der Waals surface area contributed by atoms with Gasteiger partial charge >= 0.3 is 0 Å².